The van der Waals surface area contributed by atoms with E-state index in [1.165, 1.54) is 26.4 Å². The number of methoxy groups -OCH3 is 1. The highest BCUT2D eigenvalue weighted by molar-refractivity contribution is 5.99. The molecular weight excluding hydrogens is 576 g/mol. The Bertz CT molecular complexity index is 1430. The van der Waals surface area contributed by atoms with Gasteiger partial charge in [0.2, 0.25) is 5.91 Å². The van der Waals surface area contributed by atoms with E-state index in [2.05, 4.69) is 16.7 Å². The number of carbonyl (C=O) groups is 2. The molecule has 44 heavy (non-hydrogen) atoms. The highest BCUT2D eigenvalue weighted by Crippen LogP contribution is 2.53. The minimum Gasteiger partial charge on any atom is -0.496 e. The van der Waals surface area contributed by atoms with Crippen molar-refractivity contribution in [3.05, 3.63) is 70.6 Å². The summed E-state index contributed by atoms with van der Waals surface area (Å²) in [5.41, 5.74) is -0.208. The van der Waals surface area contributed by atoms with Crippen LogP contribution in [-0.4, -0.2) is 35.7 Å². The van der Waals surface area contributed by atoms with E-state index in [1.54, 1.807) is 26.0 Å². The molecule has 3 aliphatic rings. The number of fused-ring (bicyclic) bond motifs is 2. The Balaban J connectivity index is 1.42. The average Bonchev–Trinajstić information content (AvgIpc) is 3.45. The highest BCUT2D eigenvalue weighted by atomic mass is 19.4. The third-order valence-corrected chi connectivity index (χ3v) is 9.48. The van der Waals surface area contributed by atoms with Crippen molar-refractivity contribution in [1.29, 1.82) is 0 Å². The van der Waals surface area contributed by atoms with Crippen molar-refractivity contribution in [3.63, 3.8) is 0 Å². The molecule has 4 atom stereocenters. The predicted octanol–water partition coefficient (Wildman–Crippen LogP) is 7.07. The zero-order valence-corrected chi connectivity index (χ0v) is 25.3. The van der Waals surface area contributed by atoms with Crippen molar-refractivity contribution in [2.75, 3.05) is 12.4 Å². The molecule has 0 radical (unpaired) electrons. The topological polar surface area (TPSA) is 87.7 Å². The number of ether oxygens (including phenoxy) is 1. The zero-order chi connectivity index (χ0) is 31.8. The van der Waals surface area contributed by atoms with Crippen LogP contribution in [-0.2, 0) is 17.4 Å². The molecule has 3 aliphatic carbocycles. The summed E-state index contributed by atoms with van der Waals surface area (Å²) in [5, 5.41) is 15.9. The quantitative estimate of drug-likeness (QED) is 0.197. The molecule has 2 amide bonds. The summed E-state index contributed by atoms with van der Waals surface area (Å²) in [6, 6.07) is 7.10. The predicted molar refractivity (Wildman–Crippen MR) is 159 cm³/mol. The number of hydrogen-bond donors (Lipinski definition) is 3. The first kappa shape index (κ1) is 32.0. The third-order valence-electron chi connectivity index (χ3n) is 9.48. The molecule has 4 unspecified atom stereocenters. The van der Waals surface area contributed by atoms with E-state index in [0.29, 0.717) is 42.2 Å². The first-order valence-corrected chi connectivity index (χ1v) is 15.3. The SMILES string of the molecule is COc1ccc(CCC(C)(C)O)cc1C(=O)NC1C2CCC(/C2=C/CC2CCC2)C1C(=O)Nc1ccc(F)c(C(F)(F)F)c1. The van der Waals surface area contributed by atoms with Crippen molar-refractivity contribution in [2.24, 2.45) is 23.7 Å². The molecule has 10 heteroatoms. The number of aryl methyl sites for hydroxylation is 1. The summed E-state index contributed by atoms with van der Waals surface area (Å²) >= 11 is 0. The maximum absolute atomic E-state index is 13.9. The summed E-state index contributed by atoms with van der Waals surface area (Å²) in [5.74, 6) is -2.32. The third kappa shape index (κ3) is 6.95. The molecule has 0 heterocycles. The number of allylic oxidation sites excluding steroid dienone is 1. The van der Waals surface area contributed by atoms with E-state index in [-0.39, 0.29) is 17.5 Å². The molecule has 238 valence electrons. The van der Waals surface area contributed by atoms with E-state index in [9.17, 15) is 32.3 Å². The fourth-order valence-electron chi connectivity index (χ4n) is 6.93. The minimum absolute atomic E-state index is 0.0805. The van der Waals surface area contributed by atoms with Gasteiger partial charge in [-0.15, -0.1) is 0 Å². The lowest BCUT2D eigenvalue weighted by atomic mass is 9.82. The van der Waals surface area contributed by atoms with Gasteiger partial charge in [0.1, 0.15) is 11.6 Å². The number of aliphatic hydroxyl groups is 1. The number of alkyl halides is 3. The summed E-state index contributed by atoms with van der Waals surface area (Å²) < 4.78 is 59.5. The van der Waals surface area contributed by atoms with Gasteiger partial charge in [-0.05, 0) is 93.7 Å². The largest absolute Gasteiger partial charge is 0.496 e. The molecule has 0 aromatic heterocycles. The molecule has 3 fully saturated rings. The molecule has 5 rings (SSSR count). The van der Waals surface area contributed by atoms with Crippen molar-refractivity contribution in [2.45, 2.75) is 83.0 Å². The van der Waals surface area contributed by atoms with Crippen LogP contribution in [0.1, 0.15) is 80.3 Å². The summed E-state index contributed by atoms with van der Waals surface area (Å²) in [4.78, 5) is 27.6. The highest BCUT2D eigenvalue weighted by Gasteiger charge is 2.54. The minimum atomic E-state index is -4.91. The van der Waals surface area contributed by atoms with Crippen LogP contribution in [0.25, 0.3) is 0 Å². The van der Waals surface area contributed by atoms with Gasteiger partial charge in [0.25, 0.3) is 5.91 Å². The van der Waals surface area contributed by atoms with Gasteiger partial charge >= 0.3 is 6.18 Å². The van der Waals surface area contributed by atoms with Gasteiger partial charge in [0, 0.05) is 17.6 Å². The Morgan fingerprint density at radius 3 is 2.41 bits per heavy atom. The van der Waals surface area contributed by atoms with Crippen LogP contribution in [0.4, 0.5) is 23.2 Å². The molecule has 3 N–H and O–H groups in total. The van der Waals surface area contributed by atoms with E-state index in [1.807, 2.05) is 6.07 Å². The fraction of sp³-hybridized carbons (Fsp3) is 0.529. The van der Waals surface area contributed by atoms with Crippen molar-refractivity contribution in [3.8, 4) is 5.75 Å². The van der Waals surface area contributed by atoms with Crippen molar-refractivity contribution >= 4 is 17.5 Å². The number of anilines is 1. The molecule has 2 aromatic rings. The fourth-order valence-corrected chi connectivity index (χ4v) is 6.93. The second-order valence-electron chi connectivity index (χ2n) is 13.1. The van der Waals surface area contributed by atoms with Crippen LogP contribution >= 0.6 is 0 Å². The first-order chi connectivity index (χ1) is 20.7. The van der Waals surface area contributed by atoms with E-state index < -0.39 is 46.9 Å². The van der Waals surface area contributed by atoms with E-state index in [4.69, 9.17) is 4.74 Å². The number of benzene rings is 2. The van der Waals surface area contributed by atoms with Gasteiger partial charge in [0.15, 0.2) is 0 Å². The van der Waals surface area contributed by atoms with Crippen LogP contribution in [0.2, 0.25) is 0 Å². The number of halogens is 4. The number of rotatable bonds is 10. The lowest BCUT2D eigenvalue weighted by Gasteiger charge is -2.30. The van der Waals surface area contributed by atoms with Gasteiger partial charge in [0.05, 0.1) is 29.8 Å². The van der Waals surface area contributed by atoms with Crippen LogP contribution < -0.4 is 15.4 Å². The maximum atomic E-state index is 13.9. The van der Waals surface area contributed by atoms with Crippen LogP contribution in [0.15, 0.2) is 48.0 Å². The van der Waals surface area contributed by atoms with E-state index in [0.717, 1.165) is 36.5 Å². The normalized spacial score (nSPS) is 24.3. The second-order valence-corrected chi connectivity index (χ2v) is 13.1. The summed E-state index contributed by atoms with van der Waals surface area (Å²) in [6.45, 7) is 3.44. The summed E-state index contributed by atoms with van der Waals surface area (Å²) in [7, 11) is 1.47. The number of hydrogen-bond acceptors (Lipinski definition) is 4. The Morgan fingerprint density at radius 1 is 1.05 bits per heavy atom. The average molecular weight is 617 g/mol. The van der Waals surface area contributed by atoms with E-state index >= 15 is 0 Å². The molecule has 2 bridgehead atoms. The van der Waals surface area contributed by atoms with Crippen LogP contribution in [0, 0.1) is 29.5 Å². The van der Waals surface area contributed by atoms with Gasteiger partial charge in [-0.1, -0.05) is 37.0 Å². The Morgan fingerprint density at radius 2 is 1.77 bits per heavy atom. The van der Waals surface area contributed by atoms with Gasteiger partial charge in [-0.3, -0.25) is 9.59 Å². The van der Waals surface area contributed by atoms with Crippen LogP contribution in [0.3, 0.4) is 0 Å². The lowest BCUT2D eigenvalue weighted by Crippen LogP contribution is -2.48. The van der Waals surface area contributed by atoms with Crippen molar-refractivity contribution in [1.82, 2.24) is 5.32 Å². The number of carbonyl (C=O) groups excluding carboxylic acids is 2. The van der Waals surface area contributed by atoms with Gasteiger partial charge in [-0.2, -0.15) is 13.2 Å². The number of nitrogens with one attached hydrogen (secondary N) is 2. The number of amides is 2. The molecule has 0 saturated heterocycles. The van der Waals surface area contributed by atoms with Gasteiger partial charge in [-0.25, -0.2) is 4.39 Å². The molecule has 2 aromatic carbocycles. The maximum Gasteiger partial charge on any atom is 0.419 e. The zero-order valence-electron chi connectivity index (χ0n) is 25.3. The lowest BCUT2D eigenvalue weighted by molar-refractivity contribution is -0.140. The molecule has 0 aliphatic heterocycles. The van der Waals surface area contributed by atoms with Crippen LogP contribution in [0.5, 0.6) is 5.75 Å². The summed E-state index contributed by atoms with van der Waals surface area (Å²) in [6.07, 6.45) is 4.30. The Kier molecular flexibility index (Phi) is 9.12. The smallest absolute Gasteiger partial charge is 0.419 e. The molecule has 3 saturated carbocycles. The standard InChI is InChI=1S/C34H40F4N2O4/c1-33(2,43)16-15-20-8-14-28(44-3)25(17-20)31(41)40-30-24-12-11-23(22(24)10-7-19-5-4-6-19)29(30)32(42)39-21-9-13-27(35)26(18-21)34(36,37)38/h8-10,13-14,17-19,23-24,29-30,43H,4-7,11-12,15-16H2,1-3H3,(H,39,42)(H,40,41)/b22-10-. The van der Waals surface area contributed by atoms with Gasteiger partial charge < -0.3 is 20.5 Å². The monoisotopic (exact) mass is 616 g/mol. The molecule has 0 spiro atoms. The molecular formula is C34H40F4N2O4. The Hall–Kier alpha value is -3.40. The second kappa shape index (κ2) is 12.5. The Labute approximate surface area is 255 Å². The van der Waals surface area contributed by atoms with Crippen molar-refractivity contribution < 1.29 is 37.0 Å². The molecule has 6 nitrogen and oxygen atoms in total. The first-order valence-electron chi connectivity index (χ1n) is 15.3.